The summed E-state index contributed by atoms with van der Waals surface area (Å²) in [4.78, 5) is 18.6. The molecule has 1 fully saturated rings. The van der Waals surface area contributed by atoms with Gasteiger partial charge in [0.05, 0.1) is 19.3 Å². The van der Waals surface area contributed by atoms with Gasteiger partial charge in [0, 0.05) is 30.4 Å². The lowest BCUT2D eigenvalue weighted by Crippen LogP contribution is -2.42. The maximum Gasteiger partial charge on any atom is 0.317 e. The zero-order valence-electron chi connectivity index (χ0n) is 14.8. The summed E-state index contributed by atoms with van der Waals surface area (Å²) in [6.45, 7) is 4.46. The van der Waals surface area contributed by atoms with Crippen molar-refractivity contribution in [3.05, 3.63) is 23.0 Å². The van der Waals surface area contributed by atoms with Crippen molar-refractivity contribution in [1.82, 2.24) is 15.2 Å². The lowest BCUT2D eigenvalue weighted by molar-refractivity contribution is 0.200. The molecule has 0 atom stereocenters. The number of methoxy groups -OCH3 is 1. The van der Waals surface area contributed by atoms with Gasteiger partial charge in [-0.1, -0.05) is 25.7 Å². The molecule has 1 aliphatic rings. The Morgan fingerprint density at radius 3 is 2.57 bits per heavy atom. The second-order valence-corrected chi connectivity index (χ2v) is 6.54. The van der Waals surface area contributed by atoms with E-state index in [0.717, 1.165) is 35.4 Å². The fourth-order valence-corrected chi connectivity index (χ4v) is 3.24. The molecule has 0 unspecified atom stereocenters. The lowest BCUT2D eigenvalue weighted by atomic mass is 10.1. The highest BCUT2D eigenvalue weighted by Crippen LogP contribution is 2.24. The minimum absolute atomic E-state index is 0.0161. The van der Waals surface area contributed by atoms with E-state index in [1.54, 1.807) is 18.2 Å². The van der Waals surface area contributed by atoms with E-state index in [9.17, 15) is 4.79 Å². The maximum absolute atomic E-state index is 12.4. The molecular formula is C18H29N3O2. The number of aromatic nitrogens is 1. The minimum atomic E-state index is -0.0161. The number of carbonyl (C=O) groups is 1. The Labute approximate surface area is 139 Å². The van der Waals surface area contributed by atoms with E-state index < -0.39 is 0 Å². The number of pyridine rings is 1. The molecule has 0 spiro atoms. The number of nitrogens with zero attached hydrogens (tertiary/aromatic N) is 2. The quantitative estimate of drug-likeness (QED) is 0.863. The molecule has 0 radical (unpaired) electrons. The first kappa shape index (κ1) is 17.6. The number of rotatable bonds is 4. The normalized spacial score (nSPS) is 15.8. The molecule has 1 aliphatic carbocycles. The van der Waals surface area contributed by atoms with Crippen molar-refractivity contribution in [3.8, 4) is 5.75 Å². The summed E-state index contributed by atoms with van der Waals surface area (Å²) < 4.78 is 5.43. The molecule has 0 aromatic carbocycles. The number of ether oxygens (including phenoxy) is 1. The van der Waals surface area contributed by atoms with Gasteiger partial charge in [-0.2, -0.15) is 0 Å². The molecule has 5 heteroatoms. The van der Waals surface area contributed by atoms with Crippen LogP contribution in [-0.2, 0) is 6.54 Å². The Morgan fingerprint density at radius 1 is 1.30 bits per heavy atom. The fourth-order valence-electron chi connectivity index (χ4n) is 3.24. The SMILES string of the molecule is COc1c(C)cnc(CN(C)C(=O)NC2CCCCCC2)c1C. The number of carbonyl (C=O) groups excluding carboxylic acids is 1. The Morgan fingerprint density at radius 2 is 1.96 bits per heavy atom. The molecule has 1 aromatic rings. The predicted octanol–water partition coefficient (Wildman–Crippen LogP) is 3.57. The molecular weight excluding hydrogens is 290 g/mol. The van der Waals surface area contributed by atoms with Crippen molar-refractivity contribution in [3.63, 3.8) is 0 Å². The largest absolute Gasteiger partial charge is 0.496 e. The molecule has 23 heavy (non-hydrogen) atoms. The van der Waals surface area contributed by atoms with Crippen molar-refractivity contribution in [2.24, 2.45) is 0 Å². The van der Waals surface area contributed by atoms with Gasteiger partial charge in [-0.05, 0) is 26.7 Å². The highest BCUT2D eigenvalue weighted by molar-refractivity contribution is 5.74. The zero-order valence-corrected chi connectivity index (χ0v) is 14.8. The summed E-state index contributed by atoms with van der Waals surface area (Å²) in [6.07, 6.45) is 8.99. The monoisotopic (exact) mass is 319 g/mol. The van der Waals surface area contributed by atoms with Crippen molar-refractivity contribution >= 4 is 6.03 Å². The van der Waals surface area contributed by atoms with Gasteiger partial charge in [0.25, 0.3) is 0 Å². The van der Waals surface area contributed by atoms with E-state index in [1.165, 1.54) is 25.7 Å². The number of aryl methyl sites for hydroxylation is 1. The molecule has 1 saturated carbocycles. The van der Waals surface area contributed by atoms with Gasteiger partial charge in [-0.3, -0.25) is 4.98 Å². The lowest BCUT2D eigenvalue weighted by Gasteiger charge is -2.23. The highest BCUT2D eigenvalue weighted by Gasteiger charge is 2.19. The Kier molecular flexibility index (Phi) is 6.25. The van der Waals surface area contributed by atoms with Crippen LogP contribution in [-0.4, -0.2) is 36.1 Å². The van der Waals surface area contributed by atoms with Gasteiger partial charge in [-0.25, -0.2) is 4.79 Å². The summed E-state index contributed by atoms with van der Waals surface area (Å²) in [5.41, 5.74) is 2.90. The third-order valence-corrected chi connectivity index (χ3v) is 4.67. The van der Waals surface area contributed by atoms with Crippen LogP contribution in [0.15, 0.2) is 6.20 Å². The molecule has 2 rings (SSSR count). The Bertz CT molecular complexity index is 537. The summed E-state index contributed by atoms with van der Waals surface area (Å²) in [7, 11) is 3.49. The van der Waals surface area contributed by atoms with Crippen molar-refractivity contribution < 1.29 is 9.53 Å². The van der Waals surface area contributed by atoms with Crippen LogP contribution in [0.25, 0.3) is 0 Å². The smallest absolute Gasteiger partial charge is 0.317 e. The van der Waals surface area contributed by atoms with E-state index in [1.807, 2.05) is 20.9 Å². The summed E-state index contributed by atoms with van der Waals surface area (Å²) in [6, 6.07) is 0.298. The van der Waals surface area contributed by atoms with E-state index in [-0.39, 0.29) is 6.03 Å². The highest BCUT2D eigenvalue weighted by atomic mass is 16.5. The van der Waals surface area contributed by atoms with Crippen LogP contribution in [0.3, 0.4) is 0 Å². The summed E-state index contributed by atoms with van der Waals surface area (Å²) in [5.74, 6) is 0.854. The second kappa shape index (κ2) is 8.18. The van der Waals surface area contributed by atoms with Gasteiger partial charge in [0.1, 0.15) is 5.75 Å². The predicted molar refractivity (Wildman–Crippen MR) is 91.8 cm³/mol. The summed E-state index contributed by atoms with van der Waals surface area (Å²) >= 11 is 0. The van der Waals surface area contributed by atoms with Gasteiger partial charge in [0.2, 0.25) is 0 Å². The molecule has 0 bridgehead atoms. The number of urea groups is 1. The van der Waals surface area contributed by atoms with Gasteiger partial charge >= 0.3 is 6.03 Å². The van der Waals surface area contributed by atoms with E-state index in [4.69, 9.17) is 4.74 Å². The number of amides is 2. The maximum atomic E-state index is 12.4. The molecule has 1 N–H and O–H groups in total. The van der Waals surface area contributed by atoms with Crippen LogP contribution < -0.4 is 10.1 Å². The Balaban J connectivity index is 1.98. The third kappa shape index (κ3) is 4.60. The third-order valence-electron chi connectivity index (χ3n) is 4.67. The van der Waals surface area contributed by atoms with Crippen molar-refractivity contribution in [2.75, 3.05) is 14.2 Å². The first-order valence-corrected chi connectivity index (χ1v) is 8.53. The van der Waals surface area contributed by atoms with Crippen LogP contribution in [0.4, 0.5) is 4.79 Å². The minimum Gasteiger partial charge on any atom is -0.496 e. The number of hydrogen-bond donors (Lipinski definition) is 1. The van der Waals surface area contributed by atoms with Crippen LogP contribution in [0.2, 0.25) is 0 Å². The molecule has 1 aromatic heterocycles. The summed E-state index contributed by atoms with van der Waals surface area (Å²) in [5, 5.41) is 3.17. The molecule has 128 valence electrons. The molecule has 0 aliphatic heterocycles. The second-order valence-electron chi connectivity index (χ2n) is 6.54. The van der Waals surface area contributed by atoms with Crippen LogP contribution in [0.1, 0.15) is 55.3 Å². The van der Waals surface area contributed by atoms with Gasteiger partial charge < -0.3 is 15.0 Å². The van der Waals surface area contributed by atoms with E-state index >= 15 is 0 Å². The zero-order chi connectivity index (χ0) is 16.8. The Hall–Kier alpha value is -1.78. The molecule has 2 amide bonds. The van der Waals surface area contributed by atoms with Gasteiger partial charge in [-0.15, -0.1) is 0 Å². The fraction of sp³-hybridized carbons (Fsp3) is 0.667. The average molecular weight is 319 g/mol. The van der Waals surface area contributed by atoms with Crippen molar-refractivity contribution in [2.45, 2.75) is 65.0 Å². The van der Waals surface area contributed by atoms with Gasteiger partial charge in [0.15, 0.2) is 0 Å². The number of nitrogens with one attached hydrogen (secondary N) is 1. The standard InChI is InChI=1S/C18H29N3O2/c1-13-11-19-16(14(2)17(13)23-4)12-21(3)18(22)20-15-9-7-5-6-8-10-15/h11,15H,5-10,12H2,1-4H3,(H,20,22). The molecule has 5 nitrogen and oxygen atoms in total. The van der Waals surface area contributed by atoms with Crippen LogP contribution in [0, 0.1) is 13.8 Å². The van der Waals surface area contributed by atoms with Crippen LogP contribution >= 0.6 is 0 Å². The van der Waals surface area contributed by atoms with E-state index in [2.05, 4.69) is 10.3 Å². The average Bonchev–Trinajstić information content (AvgIpc) is 2.79. The van der Waals surface area contributed by atoms with Crippen molar-refractivity contribution in [1.29, 1.82) is 0 Å². The first-order chi connectivity index (χ1) is 11.0. The van der Waals surface area contributed by atoms with E-state index in [0.29, 0.717) is 12.6 Å². The molecule has 0 saturated heterocycles. The van der Waals surface area contributed by atoms with Crippen LogP contribution in [0.5, 0.6) is 5.75 Å². The topological polar surface area (TPSA) is 54.5 Å². The number of hydrogen-bond acceptors (Lipinski definition) is 3. The first-order valence-electron chi connectivity index (χ1n) is 8.53. The molecule has 1 heterocycles.